The molecule has 0 aliphatic rings. The first-order chi connectivity index (χ1) is 7.10. The van der Waals surface area contributed by atoms with E-state index in [1.807, 2.05) is 6.07 Å². The van der Waals surface area contributed by atoms with E-state index in [4.69, 9.17) is 16.9 Å². The SMILES string of the molecule is CCC(C#N)C(=O)c1cc(Br)ccc1Cl. The zero-order valence-corrected chi connectivity index (χ0v) is 10.5. The molecule has 0 fully saturated rings. The van der Waals surface area contributed by atoms with Crippen molar-refractivity contribution in [2.75, 3.05) is 0 Å². The Morgan fingerprint density at radius 2 is 2.33 bits per heavy atom. The minimum atomic E-state index is -0.614. The van der Waals surface area contributed by atoms with Crippen molar-refractivity contribution in [3.05, 3.63) is 33.3 Å². The van der Waals surface area contributed by atoms with Gasteiger partial charge in [-0.15, -0.1) is 0 Å². The van der Waals surface area contributed by atoms with Crippen molar-refractivity contribution in [1.82, 2.24) is 0 Å². The Morgan fingerprint density at radius 1 is 1.67 bits per heavy atom. The van der Waals surface area contributed by atoms with E-state index in [-0.39, 0.29) is 5.78 Å². The summed E-state index contributed by atoms with van der Waals surface area (Å²) in [5, 5.41) is 9.18. The zero-order chi connectivity index (χ0) is 11.4. The van der Waals surface area contributed by atoms with Gasteiger partial charge in [0.1, 0.15) is 5.92 Å². The van der Waals surface area contributed by atoms with Crippen LogP contribution in [0.3, 0.4) is 0 Å². The summed E-state index contributed by atoms with van der Waals surface area (Å²) in [7, 11) is 0. The number of nitriles is 1. The molecule has 1 atom stereocenters. The third kappa shape index (κ3) is 2.80. The summed E-state index contributed by atoms with van der Waals surface area (Å²) in [6.07, 6.45) is 0.498. The molecule has 0 heterocycles. The number of Topliss-reactive ketones (excluding diaryl/α,β-unsaturated/α-hetero) is 1. The van der Waals surface area contributed by atoms with E-state index in [1.165, 1.54) is 0 Å². The van der Waals surface area contributed by atoms with Crippen LogP contribution in [-0.4, -0.2) is 5.78 Å². The van der Waals surface area contributed by atoms with E-state index < -0.39 is 5.92 Å². The molecule has 0 aliphatic heterocycles. The molecule has 0 saturated carbocycles. The first kappa shape index (κ1) is 12.2. The van der Waals surface area contributed by atoms with Crippen molar-refractivity contribution < 1.29 is 4.79 Å². The van der Waals surface area contributed by atoms with E-state index in [0.29, 0.717) is 17.0 Å². The molecule has 0 aromatic heterocycles. The monoisotopic (exact) mass is 285 g/mol. The van der Waals surface area contributed by atoms with E-state index in [9.17, 15) is 4.79 Å². The molecule has 78 valence electrons. The van der Waals surface area contributed by atoms with Crippen molar-refractivity contribution >= 4 is 33.3 Å². The van der Waals surface area contributed by atoms with Crippen molar-refractivity contribution in [3.63, 3.8) is 0 Å². The predicted molar refractivity (Wildman–Crippen MR) is 62.9 cm³/mol. The number of carbonyl (C=O) groups is 1. The van der Waals surface area contributed by atoms with Crippen LogP contribution in [0, 0.1) is 17.2 Å². The lowest BCUT2D eigenvalue weighted by molar-refractivity contribution is 0.0946. The van der Waals surface area contributed by atoms with Gasteiger partial charge >= 0.3 is 0 Å². The van der Waals surface area contributed by atoms with Crippen molar-refractivity contribution in [2.45, 2.75) is 13.3 Å². The maximum atomic E-state index is 11.9. The molecule has 1 unspecified atom stereocenters. The van der Waals surface area contributed by atoms with Crippen LogP contribution < -0.4 is 0 Å². The van der Waals surface area contributed by atoms with Crippen LogP contribution in [-0.2, 0) is 0 Å². The number of hydrogen-bond acceptors (Lipinski definition) is 2. The fourth-order valence-corrected chi connectivity index (χ4v) is 1.78. The maximum absolute atomic E-state index is 11.9. The fraction of sp³-hybridized carbons (Fsp3) is 0.273. The molecule has 0 N–H and O–H groups in total. The van der Waals surface area contributed by atoms with Gasteiger partial charge in [-0.1, -0.05) is 34.5 Å². The number of halogens is 2. The van der Waals surface area contributed by atoms with Gasteiger partial charge in [0.05, 0.1) is 11.1 Å². The van der Waals surface area contributed by atoms with Gasteiger partial charge in [0.15, 0.2) is 5.78 Å². The first-order valence-electron chi connectivity index (χ1n) is 4.49. The van der Waals surface area contributed by atoms with Crippen LogP contribution in [0.15, 0.2) is 22.7 Å². The highest BCUT2D eigenvalue weighted by molar-refractivity contribution is 9.10. The van der Waals surface area contributed by atoms with E-state index in [2.05, 4.69) is 15.9 Å². The summed E-state index contributed by atoms with van der Waals surface area (Å²) >= 11 is 9.16. The molecular weight excluding hydrogens is 277 g/mol. The first-order valence-corrected chi connectivity index (χ1v) is 5.66. The third-order valence-electron chi connectivity index (χ3n) is 2.07. The highest BCUT2D eigenvalue weighted by Gasteiger charge is 2.20. The summed E-state index contributed by atoms with van der Waals surface area (Å²) in [5.41, 5.74) is 0.402. The lowest BCUT2D eigenvalue weighted by Gasteiger charge is -2.07. The molecule has 0 aliphatic carbocycles. The van der Waals surface area contributed by atoms with E-state index in [1.54, 1.807) is 25.1 Å². The smallest absolute Gasteiger partial charge is 0.181 e. The van der Waals surface area contributed by atoms with Crippen molar-refractivity contribution in [3.8, 4) is 6.07 Å². The normalized spacial score (nSPS) is 11.9. The molecule has 1 rings (SSSR count). The topological polar surface area (TPSA) is 40.9 Å². The van der Waals surface area contributed by atoms with Crippen LogP contribution in [0.5, 0.6) is 0 Å². The summed E-state index contributed by atoms with van der Waals surface area (Å²) in [5.74, 6) is -0.830. The Bertz CT molecular complexity index is 425. The molecule has 0 bridgehead atoms. The molecule has 15 heavy (non-hydrogen) atoms. The summed E-state index contributed by atoms with van der Waals surface area (Å²) in [4.78, 5) is 11.9. The van der Waals surface area contributed by atoms with Gasteiger partial charge in [0.25, 0.3) is 0 Å². The molecule has 0 amide bonds. The zero-order valence-electron chi connectivity index (χ0n) is 8.13. The van der Waals surface area contributed by atoms with Crippen molar-refractivity contribution in [2.24, 2.45) is 5.92 Å². The van der Waals surface area contributed by atoms with Crippen LogP contribution in [0.4, 0.5) is 0 Å². The fourth-order valence-electron chi connectivity index (χ4n) is 1.21. The second kappa shape index (κ2) is 5.29. The second-order valence-corrected chi connectivity index (χ2v) is 4.40. The lowest BCUT2D eigenvalue weighted by atomic mass is 9.97. The molecular formula is C11H9BrClNO. The molecule has 0 spiro atoms. The van der Waals surface area contributed by atoms with Gasteiger partial charge in [0.2, 0.25) is 0 Å². The minimum absolute atomic E-state index is 0.216. The Hall–Kier alpha value is -0.850. The lowest BCUT2D eigenvalue weighted by Crippen LogP contribution is -2.12. The van der Waals surface area contributed by atoms with Gasteiger partial charge in [-0.05, 0) is 24.6 Å². The average molecular weight is 287 g/mol. The molecule has 0 saturated heterocycles. The van der Waals surface area contributed by atoms with Crippen LogP contribution in [0.2, 0.25) is 5.02 Å². The number of nitrogens with zero attached hydrogens (tertiary/aromatic N) is 1. The predicted octanol–water partition coefficient (Wildman–Crippen LogP) is 3.83. The van der Waals surface area contributed by atoms with Gasteiger partial charge in [-0.3, -0.25) is 4.79 Å². The molecule has 1 aromatic rings. The highest BCUT2D eigenvalue weighted by atomic mass is 79.9. The summed E-state index contributed by atoms with van der Waals surface area (Å²) in [6.45, 7) is 1.80. The highest BCUT2D eigenvalue weighted by Crippen LogP contribution is 2.24. The standard InChI is InChI=1S/C11H9BrClNO/c1-2-7(6-14)11(15)9-5-8(12)3-4-10(9)13/h3-5,7H,2H2,1H3. The van der Waals surface area contributed by atoms with Crippen molar-refractivity contribution in [1.29, 1.82) is 5.26 Å². The minimum Gasteiger partial charge on any atom is -0.293 e. The number of hydrogen-bond donors (Lipinski definition) is 0. The number of ketones is 1. The maximum Gasteiger partial charge on any atom is 0.181 e. The quantitative estimate of drug-likeness (QED) is 0.792. The largest absolute Gasteiger partial charge is 0.293 e. The Kier molecular flexibility index (Phi) is 4.31. The number of benzene rings is 1. The molecule has 2 nitrogen and oxygen atoms in total. The number of rotatable bonds is 3. The van der Waals surface area contributed by atoms with Gasteiger partial charge < -0.3 is 0 Å². The summed E-state index contributed by atoms with van der Waals surface area (Å²) in [6, 6.07) is 7.01. The summed E-state index contributed by atoms with van der Waals surface area (Å²) < 4.78 is 0.781. The third-order valence-corrected chi connectivity index (χ3v) is 2.90. The van der Waals surface area contributed by atoms with E-state index in [0.717, 1.165) is 4.47 Å². The Morgan fingerprint density at radius 3 is 2.87 bits per heavy atom. The number of carbonyl (C=O) groups excluding carboxylic acids is 1. The molecule has 4 heteroatoms. The van der Waals surface area contributed by atoms with Crippen LogP contribution >= 0.6 is 27.5 Å². The Labute approximate surface area is 102 Å². The average Bonchev–Trinajstić information content (AvgIpc) is 2.23. The Balaban J connectivity index is 3.11. The molecule has 0 radical (unpaired) electrons. The van der Waals surface area contributed by atoms with Gasteiger partial charge in [0, 0.05) is 10.0 Å². The van der Waals surface area contributed by atoms with E-state index >= 15 is 0 Å². The second-order valence-electron chi connectivity index (χ2n) is 3.08. The van der Waals surface area contributed by atoms with Crippen LogP contribution in [0.1, 0.15) is 23.7 Å². The van der Waals surface area contributed by atoms with Gasteiger partial charge in [-0.25, -0.2) is 0 Å². The van der Waals surface area contributed by atoms with Crippen LogP contribution in [0.25, 0.3) is 0 Å². The molecule has 1 aromatic carbocycles. The van der Waals surface area contributed by atoms with Gasteiger partial charge in [-0.2, -0.15) is 5.26 Å².